The number of rotatable bonds is 3. The third-order valence-electron chi connectivity index (χ3n) is 5.02. The molecule has 3 aromatic rings. The molecule has 0 aromatic heterocycles. The third kappa shape index (κ3) is 4.37. The largest absolute Gasteiger partial charge is 0.508 e. The van der Waals surface area contributed by atoms with Gasteiger partial charge < -0.3 is 10.4 Å². The average molecular weight is 554 g/mol. The number of fused-ring (bicyclic) bond motifs is 1. The highest BCUT2D eigenvalue weighted by atomic mass is 79.9. The Hall–Kier alpha value is -3.40. The van der Waals surface area contributed by atoms with Gasteiger partial charge in [-0.2, -0.15) is 0 Å². The number of carbonyl (C=O) groups is 2. The number of anilines is 2. The van der Waals surface area contributed by atoms with E-state index < -0.39 is 0 Å². The Labute approximate surface area is 212 Å². The number of nitrogens with zero attached hydrogens (tertiary/aromatic N) is 3. The van der Waals surface area contributed by atoms with Crippen LogP contribution in [0.5, 0.6) is 5.75 Å². The summed E-state index contributed by atoms with van der Waals surface area (Å²) < 4.78 is 0.801. The molecule has 1 fully saturated rings. The Balaban J connectivity index is 1.57. The smallest absolute Gasteiger partial charge is 0.276 e. The van der Waals surface area contributed by atoms with Crippen LogP contribution >= 0.6 is 39.3 Å². The maximum absolute atomic E-state index is 13.3. The van der Waals surface area contributed by atoms with Crippen LogP contribution in [-0.4, -0.2) is 27.8 Å². The highest BCUT2D eigenvalue weighted by molar-refractivity contribution is 9.10. The molecule has 2 amide bonds. The van der Waals surface area contributed by atoms with Crippen LogP contribution in [0.2, 0.25) is 5.02 Å². The fourth-order valence-electron chi connectivity index (χ4n) is 3.40. The van der Waals surface area contributed by atoms with Gasteiger partial charge in [0.05, 0.1) is 16.3 Å². The standard InChI is InChI=1S/C24H14BrClN4O3S/c25-14-3-10-19-18(12-14)21(22(32)27-19)28-29-24-30(16-6-4-15(26)5-7-16)23(33)20(34-24)11-13-1-8-17(31)9-2-13/h1-12,31H,(H,27,28,32). The van der Waals surface area contributed by atoms with Crippen LogP contribution in [0, 0.1) is 0 Å². The van der Waals surface area contributed by atoms with Crippen molar-refractivity contribution in [3.05, 3.63) is 92.3 Å². The second-order valence-corrected chi connectivity index (χ2v) is 9.66. The maximum atomic E-state index is 13.3. The van der Waals surface area contributed by atoms with E-state index >= 15 is 0 Å². The van der Waals surface area contributed by atoms with Crippen molar-refractivity contribution < 1.29 is 14.7 Å². The molecule has 0 spiro atoms. The highest BCUT2D eigenvalue weighted by Gasteiger charge is 2.35. The molecule has 0 atom stereocenters. The molecule has 2 aliphatic rings. The first kappa shape index (κ1) is 22.4. The molecule has 0 radical (unpaired) electrons. The average Bonchev–Trinajstić information content (AvgIpc) is 3.29. The number of hydrogen-bond donors (Lipinski definition) is 2. The van der Waals surface area contributed by atoms with Crippen molar-refractivity contribution in [1.82, 2.24) is 0 Å². The predicted molar refractivity (Wildman–Crippen MR) is 139 cm³/mol. The monoisotopic (exact) mass is 552 g/mol. The van der Waals surface area contributed by atoms with Crippen molar-refractivity contribution in [3.63, 3.8) is 0 Å². The van der Waals surface area contributed by atoms with Crippen molar-refractivity contribution in [2.75, 3.05) is 10.2 Å². The number of amides is 2. The number of thioether (sulfide) groups is 1. The van der Waals surface area contributed by atoms with E-state index in [4.69, 9.17) is 11.6 Å². The van der Waals surface area contributed by atoms with Gasteiger partial charge in [0, 0.05) is 15.1 Å². The quantitative estimate of drug-likeness (QED) is 0.324. The van der Waals surface area contributed by atoms with Crippen LogP contribution in [0.3, 0.4) is 0 Å². The first-order valence-corrected chi connectivity index (χ1v) is 11.9. The van der Waals surface area contributed by atoms with Crippen LogP contribution in [-0.2, 0) is 9.59 Å². The normalized spacial score (nSPS) is 18.8. The molecule has 0 saturated carbocycles. The lowest BCUT2D eigenvalue weighted by molar-refractivity contribution is -0.113. The minimum Gasteiger partial charge on any atom is -0.508 e. The van der Waals surface area contributed by atoms with Crippen molar-refractivity contribution in [2.24, 2.45) is 10.2 Å². The number of amidine groups is 1. The molecular formula is C24H14BrClN4O3S. The fraction of sp³-hybridized carbons (Fsp3) is 0. The second kappa shape index (κ2) is 9.09. The number of halogens is 2. The van der Waals surface area contributed by atoms with Gasteiger partial charge >= 0.3 is 0 Å². The highest BCUT2D eigenvalue weighted by Crippen LogP contribution is 2.37. The molecule has 34 heavy (non-hydrogen) atoms. The maximum Gasteiger partial charge on any atom is 0.276 e. The van der Waals surface area contributed by atoms with Crippen molar-refractivity contribution in [1.29, 1.82) is 0 Å². The molecule has 5 rings (SSSR count). The van der Waals surface area contributed by atoms with E-state index in [-0.39, 0.29) is 23.3 Å². The van der Waals surface area contributed by atoms with Gasteiger partial charge in [-0.3, -0.25) is 14.5 Å². The van der Waals surface area contributed by atoms with Crippen LogP contribution in [0.1, 0.15) is 11.1 Å². The van der Waals surface area contributed by atoms with Gasteiger partial charge in [0.15, 0.2) is 5.71 Å². The topological polar surface area (TPSA) is 94.4 Å². The SMILES string of the molecule is O=C1Nc2ccc(Br)cc2C1=NN=C1SC(=Cc2ccc(O)cc2)C(=O)N1c1ccc(Cl)cc1. The molecule has 1 saturated heterocycles. The molecule has 2 N–H and O–H groups in total. The lowest BCUT2D eigenvalue weighted by Gasteiger charge is -2.14. The first-order chi connectivity index (χ1) is 16.4. The first-order valence-electron chi connectivity index (χ1n) is 9.94. The van der Waals surface area contributed by atoms with Crippen molar-refractivity contribution >= 4 is 79.4 Å². The van der Waals surface area contributed by atoms with Crippen LogP contribution in [0.25, 0.3) is 6.08 Å². The van der Waals surface area contributed by atoms with E-state index in [1.165, 1.54) is 4.90 Å². The van der Waals surface area contributed by atoms with Crippen LogP contribution in [0.4, 0.5) is 11.4 Å². The van der Waals surface area contributed by atoms with Gasteiger partial charge in [-0.15, -0.1) is 10.2 Å². The molecule has 0 aliphatic carbocycles. The zero-order chi connectivity index (χ0) is 23.8. The molecule has 0 unspecified atom stereocenters. The molecule has 2 aliphatic heterocycles. The van der Waals surface area contributed by atoms with Crippen LogP contribution < -0.4 is 10.2 Å². The van der Waals surface area contributed by atoms with E-state index in [1.54, 1.807) is 66.7 Å². The summed E-state index contributed by atoms with van der Waals surface area (Å²) in [4.78, 5) is 27.6. The summed E-state index contributed by atoms with van der Waals surface area (Å²) in [5.74, 6) is -0.529. The Morgan fingerprint density at radius 3 is 2.47 bits per heavy atom. The van der Waals surface area contributed by atoms with Gasteiger partial charge in [0.2, 0.25) is 5.17 Å². The number of nitrogens with one attached hydrogen (secondary N) is 1. The number of benzene rings is 3. The second-order valence-electron chi connectivity index (χ2n) is 7.29. The number of aromatic hydroxyl groups is 1. The molecule has 10 heteroatoms. The minimum absolute atomic E-state index is 0.134. The van der Waals surface area contributed by atoms with Gasteiger partial charge in [-0.1, -0.05) is 39.7 Å². The summed E-state index contributed by atoms with van der Waals surface area (Å²) in [6.45, 7) is 0. The number of carbonyl (C=O) groups excluding carboxylic acids is 2. The molecular weight excluding hydrogens is 540 g/mol. The minimum atomic E-state index is -0.371. The van der Waals surface area contributed by atoms with E-state index in [0.717, 1.165) is 21.8 Å². The third-order valence-corrected chi connectivity index (χ3v) is 6.72. The summed E-state index contributed by atoms with van der Waals surface area (Å²) >= 11 is 10.6. The summed E-state index contributed by atoms with van der Waals surface area (Å²) in [6.07, 6.45) is 1.71. The summed E-state index contributed by atoms with van der Waals surface area (Å²) in [5.41, 5.74) is 2.73. The fourth-order valence-corrected chi connectivity index (χ4v) is 4.82. The zero-order valence-electron chi connectivity index (χ0n) is 17.2. The Kier molecular flexibility index (Phi) is 5.99. The van der Waals surface area contributed by atoms with Crippen molar-refractivity contribution in [2.45, 2.75) is 0 Å². The van der Waals surface area contributed by atoms with Gasteiger partial charge in [0.25, 0.3) is 11.8 Å². The Morgan fingerprint density at radius 2 is 1.74 bits per heavy atom. The number of phenolic OH excluding ortho intramolecular Hbond substituents is 1. The van der Waals surface area contributed by atoms with Gasteiger partial charge in [0.1, 0.15) is 5.75 Å². The molecule has 7 nitrogen and oxygen atoms in total. The molecule has 0 bridgehead atoms. The Bertz CT molecular complexity index is 1420. The summed E-state index contributed by atoms with van der Waals surface area (Å²) in [6, 6.07) is 18.7. The van der Waals surface area contributed by atoms with E-state index in [0.29, 0.717) is 32.0 Å². The van der Waals surface area contributed by atoms with Crippen molar-refractivity contribution in [3.8, 4) is 5.75 Å². The molecule has 2 heterocycles. The van der Waals surface area contributed by atoms with Crippen LogP contribution in [0.15, 0.2) is 86.3 Å². The van der Waals surface area contributed by atoms with Gasteiger partial charge in [-0.05, 0) is 78.0 Å². The summed E-state index contributed by atoms with van der Waals surface area (Å²) in [5, 5.41) is 21.6. The number of hydrogen-bond acceptors (Lipinski definition) is 6. The van der Waals surface area contributed by atoms with E-state index in [2.05, 4.69) is 31.4 Å². The predicted octanol–water partition coefficient (Wildman–Crippen LogP) is 5.64. The van der Waals surface area contributed by atoms with E-state index in [1.807, 2.05) is 6.07 Å². The van der Waals surface area contributed by atoms with E-state index in [9.17, 15) is 14.7 Å². The van der Waals surface area contributed by atoms with Gasteiger partial charge in [-0.25, -0.2) is 0 Å². The Morgan fingerprint density at radius 1 is 1.00 bits per heavy atom. The lowest BCUT2D eigenvalue weighted by Crippen LogP contribution is -2.28. The zero-order valence-corrected chi connectivity index (χ0v) is 20.4. The number of phenols is 1. The molecule has 3 aromatic carbocycles. The summed E-state index contributed by atoms with van der Waals surface area (Å²) in [7, 11) is 0. The molecule has 168 valence electrons. The lowest BCUT2D eigenvalue weighted by atomic mass is 10.1.